The number of nitrogens with one attached hydrogen (secondary N) is 1. The van der Waals surface area contributed by atoms with Crippen molar-refractivity contribution in [2.45, 2.75) is 44.4 Å². The van der Waals surface area contributed by atoms with Crippen LogP contribution in [-0.2, 0) is 13.6 Å². The third-order valence-electron chi connectivity index (χ3n) is 9.80. The largest absolute Gasteiger partial charge is 0.508 e. The number of rotatable bonds is 7. The van der Waals surface area contributed by atoms with Crippen molar-refractivity contribution in [3.8, 4) is 23.1 Å². The molecule has 0 amide bonds. The number of benzene rings is 3. The zero-order chi connectivity index (χ0) is 32.4. The first-order valence-electron chi connectivity index (χ1n) is 15.8. The van der Waals surface area contributed by atoms with Gasteiger partial charge in [0.1, 0.15) is 41.3 Å². The maximum absolute atomic E-state index is 15.2. The van der Waals surface area contributed by atoms with Crippen LogP contribution in [0.25, 0.3) is 43.9 Å². The van der Waals surface area contributed by atoms with Crippen LogP contribution < -0.4 is 15.7 Å². The number of alkyl halides is 1. The molecule has 9 nitrogen and oxygen atoms in total. The molecule has 5 heterocycles. The fourth-order valence-electron chi connectivity index (χ4n) is 7.62. The van der Waals surface area contributed by atoms with E-state index in [1.807, 2.05) is 42.1 Å². The van der Waals surface area contributed by atoms with Crippen LogP contribution in [0.4, 0.5) is 14.6 Å². The summed E-state index contributed by atoms with van der Waals surface area (Å²) in [4.78, 5) is 25.3. The van der Waals surface area contributed by atoms with E-state index in [4.69, 9.17) is 14.1 Å². The number of para-hydroxylation sites is 1. The van der Waals surface area contributed by atoms with E-state index in [0.29, 0.717) is 30.5 Å². The molecule has 2 aliphatic rings. The van der Waals surface area contributed by atoms with Crippen LogP contribution in [0.1, 0.15) is 30.4 Å². The average Bonchev–Trinajstić information content (AvgIpc) is 3.69. The molecule has 3 aromatic heterocycles. The maximum Gasteiger partial charge on any atom is 0.349 e. The van der Waals surface area contributed by atoms with Crippen molar-refractivity contribution in [2.75, 3.05) is 25.0 Å². The monoisotopic (exact) mass is 637 g/mol. The lowest BCUT2D eigenvalue weighted by Crippen LogP contribution is -2.43. The molecule has 2 atom stereocenters. The van der Waals surface area contributed by atoms with E-state index < -0.39 is 23.2 Å². The number of phenolic OH excluding ortho intramolecular Hbond substituents is 1. The number of hydrogen-bond acceptors (Lipinski definition) is 8. The Morgan fingerprint density at radius 3 is 2.87 bits per heavy atom. The van der Waals surface area contributed by atoms with E-state index in [1.54, 1.807) is 19.1 Å². The summed E-state index contributed by atoms with van der Waals surface area (Å²) >= 11 is 0. The number of halogens is 2. The number of hydrogen-bond donors (Lipinski definition) is 2. The van der Waals surface area contributed by atoms with Gasteiger partial charge in [0.2, 0.25) is 0 Å². The number of ether oxygens (including phenoxy) is 1. The van der Waals surface area contributed by atoms with Crippen molar-refractivity contribution in [3.05, 3.63) is 88.2 Å². The van der Waals surface area contributed by atoms with Gasteiger partial charge in [0, 0.05) is 60.2 Å². The highest BCUT2D eigenvalue weighted by atomic mass is 19.1. The van der Waals surface area contributed by atoms with Crippen molar-refractivity contribution in [3.63, 3.8) is 0 Å². The normalized spacial score (nSPS) is 19.6. The molecule has 3 aromatic carbocycles. The zero-order valence-electron chi connectivity index (χ0n) is 26.0. The van der Waals surface area contributed by atoms with Crippen LogP contribution in [0.5, 0.6) is 11.8 Å². The minimum atomic E-state index is -0.915. The summed E-state index contributed by atoms with van der Waals surface area (Å²) in [5, 5.41) is 15.7. The van der Waals surface area contributed by atoms with Crippen LogP contribution in [0.15, 0.2) is 70.0 Å². The van der Waals surface area contributed by atoms with Crippen LogP contribution in [-0.4, -0.2) is 55.9 Å². The number of aromatic hydroxyl groups is 1. The fraction of sp³-hybridized carbons (Fsp3) is 0.306. The van der Waals surface area contributed by atoms with Gasteiger partial charge in [-0.05, 0) is 61.5 Å². The minimum Gasteiger partial charge on any atom is -0.508 e. The highest BCUT2D eigenvalue weighted by Gasteiger charge is 2.49. The van der Waals surface area contributed by atoms with Crippen molar-refractivity contribution in [1.82, 2.24) is 19.4 Å². The van der Waals surface area contributed by atoms with Gasteiger partial charge in [0.15, 0.2) is 0 Å². The highest BCUT2D eigenvalue weighted by Crippen LogP contribution is 2.41. The fourth-order valence-corrected chi connectivity index (χ4v) is 7.62. The third kappa shape index (κ3) is 4.88. The Labute approximate surface area is 268 Å². The summed E-state index contributed by atoms with van der Waals surface area (Å²) in [5.41, 5.74) is 1.85. The second-order valence-corrected chi connectivity index (χ2v) is 12.8. The summed E-state index contributed by atoms with van der Waals surface area (Å²) in [6.45, 7) is 3.48. The molecule has 0 saturated carbocycles. The lowest BCUT2D eigenvalue weighted by atomic mass is 9.95. The first kappa shape index (κ1) is 29.4. The number of phenols is 1. The average molecular weight is 638 g/mol. The van der Waals surface area contributed by atoms with Gasteiger partial charge in [0.05, 0.1) is 11.1 Å². The molecule has 0 spiro atoms. The molecule has 2 aliphatic heterocycles. The SMILES string of the molecule is Cc1c(-c2cc(O)cc3cccc(F)c23)oc(=O)c2c(NCc3cn(C)c4ccccc34)nc(OC[C@@]34CCCN3C[C@H](F)C4)nc12. The van der Waals surface area contributed by atoms with E-state index >= 15 is 4.39 Å². The standard InChI is InChI=1S/C36H33F2N5O4/c1-20-31-30(34(45)47-32(20)26-14-24(44)13-21-7-5-9-27(38)29(21)26)33(39-16-22-17-42(2)28-10-4-3-8-25(22)28)41-35(40-31)46-19-36-11-6-12-43(36)18-23(37)15-36/h3-5,7-10,13-14,17,23,44H,6,11-12,15-16,18-19H2,1-2H3,(H,39,40,41)/t23-,36+/m1/s1. The Balaban J connectivity index is 1.26. The van der Waals surface area contributed by atoms with E-state index in [-0.39, 0.29) is 51.8 Å². The van der Waals surface area contributed by atoms with Gasteiger partial charge in [-0.3, -0.25) is 4.90 Å². The van der Waals surface area contributed by atoms with Gasteiger partial charge in [0.25, 0.3) is 0 Å². The number of fused-ring (bicyclic) bond motifs is 4. The Morgan fingerprint density at radius 2 is 2.00 bits per heavy atom. The van der Waals surface area contributed by atoms with Gasteiger partial charge < -0.3 is 24.1 Å². The summed E-state index contributed by atoms with van der Waals surface area (Å²) in [7, 11) is 1.97. The molecule has 240 valence electrons. The molecule has 0 bridgehead atoms. The first-order chi connectivity index (χ1) is 22.7. The molecular formula is C36H33F2N5O4. The van der Waals surface area contributed by atoms with E-state index in [1.165, 1.54) is 18.2 Å². The van der Waals surface area contributed by atoms with Crippen LogP contribution in [0, 0.1) is 12.7 Å². The summed E-state index contributed by atoms with van der Waals surface area (Å²) in [5.74, 6) is -0.321. The van der Waals surface area contributed by atoms with Crippen molar-refractivity contribution in [2.24, 2.45) is 7.05 Å². The minimum absolute atomic E-state index is 0.0352. The highest BCUT2D eigenvalue weighted by molar-refractivity contribution is 6.00. The molecule has 2 fully saturated rings. The molecule has 0 radical (unpaired) electrons. The van der Waals surface area contributed by atoms with Gasteiger partial charge in [-0.1, -0.05) is 30.3 Å². The molecule has 2 N–H and O–H groups in total. The van der Waals surface area contributed by atoms with Gasteiger partial charge in [-0.15, -0.1) is 0 Å². The number of nitrogens with zero attached hydrogens (tertiary/aromatic N) is 4. The van der Waals surface area contributed by atoms with E-state index in [0.717, 1.165) is 35.9 Å². The van der Waals surface area contributed by atoms with E-state index in [2.05, 4.69) is 15.2 Å². The van der Waals surface area contributed by atoms with Crippen molar-refractivity contribution < 1.29 is 23.0 Å². The summed E-state index contributed by atoms with van der Waals surface area (Å²) in [6.07, 6.45) is 3.27. The van der Waals surface area contributed by atoms with Crippen LogP contribution in [0.2, 0.25) is 0 Å². The molecule has 8 rings (SSSR count). The van der Waals surface area contributed by atoms with Crippen molar-refractivity contribution >= 4 is 38.4 Å². The van der Waals surface area contributed by atoms with Crippen LogP contribution >= 0.6 is 0 Å². The Bertz CT molecular complexity index is 2270. The van der Waals surface area contributed by atoms with E-state index in [9.17, 15) is 14.3 Å². The molecule has 0 unspecified atom stereocenters. The smallest absolute Gasteiger partial charge is 0.349 e. The summed E-state index contributed by atoms with van der Waals surface area (Å²) in [6, 6.07) is 15.4. The predicted molar refractivity (Wildman–Crippen MR) is 176 cm³/mol. The Kier molecular flexibility index (Phi) is 6.91. The number of aromatic nitrogens is 3. The summed E-state index contributed by atoms with van der Waals surface area (Å²) < 4.78 is 43.9. The quantitative estimate of drug-likeness (QED) is 0.201. The first-order valence-corrected chi connectivity index (χ1v) is 15.8. The molecule has 0 aliphatic carbocycles. The van der Waals surface area contributed by atoms with Gasteiger partial charge in [-0.25, -0.2) is 13.6 Å². The third-order valence-corrected chi connectivity index (χ3v) is 9.80. The lowest BCUT2D eigenvalue weighted by molar-refractivity contribution is 0.107. The Morgan fingerprint density at radius 1 is 1.15 bits per heavy atom. The zero-order valence-corrected chi connectivity index (χ0v) is 26.0. The van der Waals surface area contributed by atoms with Gasteiger partial charge >= 0.3 is 11.6 Å². The maximum atomic E-state index is 15.2. The number of anilines is 1. The molecule has 47 heavy (non-hydrogen) atoms. The topological polar surface area (TPSA) is 106 Å². The molecule has 2 saturated heterocycles. The number of aryl methyl sites for hydroxylation is 2. The lowest BCUT2D eigenvalue weighted by Gasteiger charge is -2.30. The Hall–Kier alpha value is -5.03. The second-order valence-electron chi connectivity index (χ2n) is 12.8. The van der Waals surface area contributed by atoms with Crippen molar-refractivity contribution in [1.29, 1.82) is 0 Å². The van der Waals surface area contributed by atoms with Gasteiger partial charge in [-0.2, -0.15) is 9.97 Å². The predicted octanol–water partition coefficient (Wildman–Crippen LogP) is 6.62. The second kappa shape index (κ2) is 11.0. The van der Waals surface area contributed by atoms with Crippen LogP contribution in [0.3, 0.4) is 0 Å². The molecule has 6 aromatic rings. The molecular weight excluding hydrogens is 604 g/mol. The molecule has 11 heteroatoms.